The zero-order valence-electron chi connectivity index (χ0n) is 9.63. The fourth-order valence-corrected chi connectivity index (χ4v) is 1.89. The number of rotatable bonds is 4. The van der Waals surface area contributed by atoms with Gasteiger partial charge in [0.1, 0.15) is 11.4 Å². The van der Waals surface area contributed by atoms with Gasteiger partial charge < -0.3 is 9.84 Å². The van der Waals surface area contributed by atoms with E-state index in [9.17, 15) is 9.50 Å². The Labute approximate surface area is 100.0 Å². The molecular formula is C12H16ClFO2. The van der Waals surface area contributed by atoms with Gasteiger partial charge in [0.25, 0.3) is 0 Å². The summed E-state index contributed by atoms with van der Waals surface area (Å²) in [6.07, 6.45) is 0. The highest BCUT2D eigenvalue weighted by Crippen LogP contribution is 2.35. The molecule has 0 spiro atoms. The van der Waals surface area contributed by atoms with E-state index < -0.39 is 11.4 Å². The molecule has 0 aliphatic carbocycles. The van der Waals surface area contributed by atoms with Crippen LogP contribution in [0.25, 0.3) is 0 Å². The van der Waals surface area contributed by atoms with E-state index in [0.717, 1.165) is 0 Å². The molecule has 0 radical (unpaired) electrons. The summed E-state index contributed by atoms with van der Waals surface area (Å²) in [6.45, 7) is 3.74. The standard InChI is InChI=1S/C12H16ClFO2/c1-8(2)12(15,7-16-3)10-6-9(14)4-5-11(10)13/h4-6,8,15H,7H2,1-3H3. The Hall–Kier alpha value is -0.640. The molecule has 1 aromatic carbocycles. The third kappa shape index (κ3) is 2.54. The van der Waals surface area contributed by atoms with Crippen molar-refractivity contribution >= 4 is 11.6 Å². The molecule has 0 aliphatic heterocycles. The number of halogens is 2. The van der Waals surface area contributed by atoms with Crippen molar-refractivity contribution in [3.63, 3.8) is 0 Å². The minimum atomic E-state index is -1.27. The number of ether oxygens (including phenoxy) is 1. The minimum Gasteiger partial charge on any atom is -0.382 e. The molecule has 1 aromatic rings. The molecule has 4 heteroatoms. The van der Waals surface area contributed by atoms with E-state index in [4.69, 9.17) is 16.3 Å². The van der Waals surface area contributed by atoms with Crippen LogP contribution in [0.4, 0.5) is 4.39 Å². The van der Waals surface area contributed by atoms with Crippen LogP contribution in [0.2, 0.25) is 5.02 Å². The minimum absolute atomic E-state index is 0.0772. The van der Waals surface area contributed by atoms with E-state index >= 15 is 0 Å². The van der Waals surface area contributed by atoms with Crippen LogP contribution in [0.5, 0.6) is 0 Å². The van der Waals surface area contributed by atoms with E-state index in [1.807, 2.05) is 13.8 Å². The summed E-state index contributed by atoms with van der Waals surface area (Å²) >= 11 is 5.98. The van der Waals surface area contributed by atoms with Crippen LogP contribution in [0.15, 0.2) is 18.2 Å². The molecule has 1 atom stereocenters. The Balaban J connectivity index is 3.25. The lowest BCUT2D eigenvalue weighted by Gasteiger charge is -2.32. The predicted octanol–water partition coefficient (Wildman–Crippen LogP) is 2.97. The first-order valence-corrected chi connectivity index (χ1v) is 5.46. The van der Waals surface area contributed by atoms with Crippen molar-refractivity contribution in [2.45, 2.75) is 19.4 Å². The zero-order chi connectivity index (χ0) is 12.3. The second-order valence-corrected chi connectivity index (χ2v) is 4.54. The van der Waals surface area contributed by atoms with Crippen LogP contribution >= 0.6 is 11.6 Å². The Bertz CT molecular complexity index is 368. The van der Waals surface area contributed by atoms with Crippen LogP contribution in [0, 0.1) is 11.7 Å². The van der Waals surface area contributed by atoms with Crippen LogP contribution in [0.3, 0.4) is 0 Å². The van der Waals surface area contributed by atoms with Gasteiger partial charge in [-0.05, 0) is 24.1 Å². The molecule has 0 saturated heterocycles. The van der Waals surface area contributed by atoms with Crippen molar-refractivity contribution < 1.29 is 14.2 Å². The number of hydrogen-bond donors (Lipinski definition) is 1. The van der Waals surface area contributed by atoms with E-state index in [1.54, 1.807) is 0 Å². The lowest BCUT2D eigenvalue weighted by molar-refractivity contribution is -0.0701. The van der Waals surface area contributed by atoms with Crippen molar-refractivity contribution in [1.29, 1.82) is 0 Å². The van der Waals surface area contributed by atoms with Crippen LogP contribution in [0.1, 0.15) is 19.4 Å². The average Bonchev–Trinajstić information content (AvgIpc) is 2.21. The summed E-state index contributed by atoms with van der Waals surface area (Å²) in [4.78, 5) is 0. The normalized spacial score (nSPS) is 15.2. The summed E-state index contributed by atoms with van der Waals surface area (Å²) in [7, 11) is 1.49. The van der Waals surface area contributed by atoms with Crippen molar-refractivity contribution in [3.8, 4) is 0 Å². The van der Waals surface area contributed by atoms with E-state index in [-0.39, 0.29) is 12.5 Å². The Morgan fingerprint density at radius 3 is 2.62 bits per heavy atom. The van der Waals surface area contributed by atoms with E-state index in [1.165, 1.54) is 25.3 Å². The Morgan fingerprint density at radius 1 is 1.50 bits per heavy atom. The van der Waals surface area contributed by atoms with Gasteiger partial charge in [0.05, 0.1) is 6.61 Å². The summed E-state index contributed by atoms with van der Waals surface area (Å²) in [5.74, 6) is -0.554. The molecule has 0 fully saturated rings. The first-order chi connectivity index (χ1) is 7.41. The first kappa shape index (κ1) is 13.4. The molecule has 2 nitrogen and oxygen atoms in total. The van der Waals surface area contributed by atoms with Gasteiger partial charge in [0.2, 0.25) is 0 Å². The zero-order valence-corrected chi connectivity index (χ0v) is 10.4. The van der Waals surface area contributed by atoms with E-state index in [0.29, 0.717) is 10.6 Å². The summed E-state index contributed by atoms with van der Waals surface area (Å²) in [5, 5.41) is 10.8. The maximum Gasteiger partial charge on any atom is 0.123 e. The largest absolute Gasteiger partial charge is 0.382 e. The van der Waals surface area contributed by atoms with Gasteiger partial charge in [0.15, 0.2) is 0 Å². The number of benzene rings is 1. The van der Waals surface area contributed by atoms with Crippen LogP contribution in [-0.2, 0) is 10.3 Å². The molecule has 90 valence electrons. The SMILES string of the molecule is COCC(O)(c1cc(F)ccc1Cl)C(C)C. The van der Waals surface area contributed by atoms with Gasteiger partial charge >= 0.3 is 0 Å². The Kier molecular flexibility index (Phi) is 4.30. The first-order valence-electron chi connectivity index (χ1n) is 5.08. The van der Waals surface area contributed by atoms with Gasteiger partial charge in [0, 0.05) is 17.7 Å². The third-order valence-electron chi connectivity index (χ3n) is 2.71. The van der Waals surface area contributed by atoms with Crippen LogP contribution < -0.4 is 0 Å². The third-order valence-corrected chi connectivity index (χ3v) is 3.04. The molecule has 0 aliphatic rings. The summed E-state index contributed by atoms with van der Waals surface area (Å²) in [6, 6.07) is 3.95. The molecule has 1 N–H and O–H groups in total. The monoisotopic (exact) mass is 246 g/mol. The molecule has 0 heterocycles. The smallest absolute Gasteiger partial charge is 0.123 e. The maximum absolute atomic E-state index is 13.2. The predicted molar refractivity (Wildman–Crippen MR) is 62.0 cm³/mol. The highest BCUT2D eigenvalue weighted by molar-refractivity contribution is 6.31. The lowest BCUT2D eigenvalue weighted by atomic mass is 9.84. The molecule has 0 bridgehead atoms. The number of methoxy groups -OCH3 is 1. The number of aliphatic hydroxyl groups is 1. The van der Waals surface area contributed by atoms with Crippen molar-refractivity contribution in [1.82, 2.24) is 0 Å². The average molecular weight is 247 g/mol. The second kappa shape index (κ2) is 5.13. The topological polar surface area (TPSA) is 29.5 Å². The highest BCUT2D eigenvalue weighted by atomic mass is 35.5. The van der Waals surface area contributed by atoms with Gasteiger partial charge in [-0.15, -0.1) is 0 Å². The number of hydrogen-bond acceptors (Lipinski definition) is 2. The van der Waals surface area contributed by atoms with Crippen molar-refractivity contribution in [2.24, 2.45) is 5.92 Å². The quantitative estimate of drug-likeness (QED) is 0.885. The van der Waals surface area contributed by atoms with E-state index in [2.05, 4.69) is 0 Å². The van der Waals surface area contributed by atoms with Crippen LogP contribution in [-0.4, -0.2) is 18.8 Å². The summed E-state index contributed by atoms with van der Waals surface area (Å²) < 4.78 is 18.2. The molecule has 1 rings (SSSR count). The van der Waals surface area contributed by atoms with Crippen molar-refractivity contribution in [3.05, 3.63) is 34.6 Å². The lowest BCUT2D eigenvalue weighted by Crippen LogP contribution is -2.37. The summed E-state index contributed by atoms with van der Waals surface area (Å²) in [5.41, 5.74) is -0.903. The molecular weight excluding hydrogens is 231 g/mol. The van der Waals surface area contributed by atoms with Gasteiger partial charge in [-0.25, -0.2) is 4.39 Å². The second-order valence-electron chi connectivity index (χ2n) is 4.14. The van der Waals surface area contributed by atoms with Gasteiger partial charge in [-0.3, -0.25) is 0 Å². The fourth-order valence-electron chi connectivity index (χ4n) is 1.60. The molecule has 1 unspecified atom stereocenters. The fraction of sp³-hybridized carbons (Fsp3) is 0.500. The molecule has 16 heavy (non-hydrogen) atoms. The molecule has 0 saturated carbocycles. The highest BCUT2D eigenvalue weighted by Gasteiger charge is 2.35. The molecule has 0 aromatic heterocycles. The Morgan fingerprint density at radius 2 is 2.12 bits per heavy atom. The maximum atomic E-state index is 13.2. The van der Waals surface area contributed by atoms with Gasteiger partial charge in [-0.1, -0.05) is 25.4 Å². The van der Waals surface area contributed by atoms with Gasteiger partial charge in [-0.2, -0.15) is 0 Å². The molecule has 0 amide bonds. The van der Waals surface area contributed by atoms with Crippen molar-refractivity contribution in [2.75, 3.05) is 13.7 Å².